The number of anilines is 2. The third kappa shape index (κ3) is 4.92. The minimum absolute atomic E-state index is 0.211. The molecular formula is C34H25F3N6O2. The van der Waals surface area contributed by atoms with E-state index in [0.717, 1.165) is 40.3 Å². The molecule has 11 heteroatoms. The molecule has 0 fully saturated rings. The van der Waals surface area contributed by atoms with Gasteiger partial charge < -0.3 is 15.0 Å². The lowest BCUT2D eigenvalue weighted by molar-refractivity contribution is -0.137. The number of fused-ring (bicyclic) bond motifs is 4. The second-order valence-electron chi connectivity index (χ2n) is 10.5. The number of hydrogen-bond acceptors (Lipinski definition) is 7. The molecule has 8 nitrogen and oxygen atoms in total. The normalized spacial score (nSPS) is 15.3. The quantitative estimate of drug-likeness (QED) is 0.211. The van der Waals surface area contributed by atoms with Gasteiger partial charge in [0, 0.05) is 11.3 Å². The van der Waals surface area contributed by atoms with E-state index in [4.69, 9.17) is 19.8 Å². The van der Waals surface area contributed by atoms with Crippen LogP contribution in [0.3, 0.4) is 0 Å². The lowest BCUT2D eigenvalue weighted by atomic mass is 9.92. The first-order chi connectivity index (χ1) is 21.7. The van der Waals surface area contributed by atoms with Crippen LogP contribution in [0.15, 0.2) is 113 Å². The molecule has 1 aromatic heterocycles. The highest BCUT2D eigenvalue weighted by Gasteiger charge is 2.41. The zero-order chi connectivity index (χ0) is 31.3. The molecule has 0 saturated carbocycles. The summed E-state index contributed by atoms with van der Waals surface area (Å²) < 4.78 is 47.5. The number of esters is 1. The van der Waals surface area contributed by atoms with Crippen LogP contribution in [0.5, 0.6) is 0 Å². The molecule has 1 N–H and O–H groups in total. The molecule has 2 aliphatic heterocycles. The minimum Gasteiger partial charge on any atom is -0.465 e. The van der Waals surface area contributed by atoms with Crippen LogP contribution >= 0.6 is 0 Å². The Hall–Kier alpha value is -5.71. The van der Waals surface area contributed by atoms with Crippen LogP contribution in [-0.4, -0.2) is 34.5 Å². The minimum atomic E-state index is -4.51. The van der Waals surface area contributed by atoms with Crippen LogP contribution in [-0.2, 0) is 10.9 Å². The standard InChI is InChI=1S/C34H25F3N6O2/c1-20-28-29(21-15-17-22(18-16-21)33(44)45-2)42-27-14-7-6-13-26(27)39-30(38-24-10-8-9-23(19-24)34(35,36)37)32(42)40-31(28)43(41-20)25-11-4-3-5-12-25/h3-19,29H,1-2H3,(H,38,39)/t29-/m0/s1. The van der Waals surface area contributed by atoms with Gasteiger partial charge in [0.2, 0.25) is 0 Å². The summed E-state index contributed by atoms with van der Waals surface area (Å²) in [4.78, 5) is 24.2. The summed E-state index contributed by atoms with van der Waals surface area (Å²) in [5.74, 6) is 0.778. The largest absolute Gasteiger partial charge is 0.465 e. The van der Waals surface area contributed by atoms with Crippen LogP contribution in [0, 0.1) is 6.92 Å². The number of hydrogen-bond donors (Lipinski definition) is 1. The van der Waals surface area contributed by atoms with E-state index in [1.54, 1.807) is 22.9 Å². The number of nitrogens with zero attached hydrogens (tertiary/aromatic N) is 5. The number of methoxy groups -OCH3 is 1. The number of aryl methyl sites for hydroxylation is 1. The van der Waals surface area contributed by atoms with Crippen molar-refractivity contribution in [2.75, 3.05) is 17.3 Å². The van der Waals surface area contributed by atoms with Gasteiger partial charge in [0.05, 0.1) is 47.0 Å². The first-order valence-electron chi connectivity index (χ1n) is 14.1. The number of alkyl halides is 3. The molecule has 1 atom stereocenters. The molecule has 0 bridgehead atoms. The van der Waals surface area contributed by atoms with E-state index in [1.807, 2.05) is 78.6 Å². The van der Waals surface area contributed by atoms with Gasteiger partial charge >= 0.3 is 12.1 Å². The van der Waals surface area contributed by atoms with E-state index in [2.05, 4.69) is 5.32 Å². The summed E-state index contributed by atoms with van der Waals surface area (Å²) in [5, 5.41) is 8.00. The van der Waals surface area contributed by atoms with Crippen LogP contribution < -0.4 is 10.2 Å². The molecule has 0 unspecified atom stereocenters. The van der Waals surface area contributed by atoms with Crippen LogP contribution in [0.25, 0.3) is 5.69 Å². The van der Waals surface area contributed by atoms with Gasteiger partial charge in [-0.15, -0.1) is 0 Å². The number of halogens is 3. The number of carbonyl (C=O) groups excluding carboxylic acids is 1. The van der Waals surface area contributed by atoms with E-state index >= 15 is 0 Å². The number of aliphatic imine (C=N–C) groups is 2. The van der Waals surface area contributed by atoms with Crippen molar-refractivity contribution in [1.29, 1.82) is 0 Å². The second-order valence-corrected chi connectivity index (χ2v) is 10.5. The zero-order valence-electron chi connectivity index (χ0n) is 24.1. The van der Waals surface area contributed by atoms with Crippen LogP contribution in [0.4, 0.5) is 36.1 Å². The molecule has 0 radical (unpaired) electrons. The number of amidine groups is 2. The summed E-state index contributed by atoms with van der Waals surface area (Å²) in [6.07, 6.45) is -4.51. The second kappa shape index (κ2) is 10.8. The highest BCUT2D eigenvalue weighted by Crippen LogP contribution is 2.48. The Morgan fingerprint density at radius 2 is 1.62 bits per heavy atom. The predicted molar refractivity (Wildman–Crippen MR) is 166 cm³/mol. The number of aromatic nitrogens is 2. The number of nitrogens with one attached hydrogen (secondary N) is 1. The maximum Gasteiger partial charge on any atom is 0.416 e. The Morgan fingerprint density at radius 1 is 0.889 bits per heavy atom. The maximum absolute atomic E-state index is 13.6. The Bertz CT molecular complexity index is 2000. The fourth-order valence-corrected chi connectivity index (χ4v) is 5.69. The highest BCUT2D eigenvalue weighted by atomic mass is 19.4. The molecule has 0 saturated heterocycles. The molecule has 4 aromatic carbocycles. The summed E-state index contributed by atoms with van der Waals surface area (Å²) in [6, 6.07) is 28.7. The third-order valence-electron chi connectivity index (χ3n) is 7.74. The van der Waals surface area contributed by atoms with Gasteiger partial charge in [-0.1, -0.05) is 48.5 Å². The third-order valence-corrected chi connectivity index (χ3v) is 7.74. The number of rotatable bonds is 4. The van der Waals surface area contributed by atoms with E-state index in [0.29, 0.717) is 22.9 Å². The molecular weight excluding hydrogens is 581 g/mol. The molecule has 5 aromatic rings. The number of carbonyl (C=O) groups is 1. The van der Waals surface area contributed by atoms with Crippen molar-refractivity contribution in [1.82, 2.24) is 9.78 Å². The van der Waals surface area contributed by atoms with Crippen molar-refractivity contribution in [2.45, 2.75) is 19.1 Å². The first kappa shape index (κ1) is 28.1. The summed E-state index contributed by atoms with van der Waals surface area (Å²) in [7, 11) is 1.33. The maximum atomic E-state index is 13.6. The van der Waals surface area contributed by atoms with Gasteiger partial charge in [0.15, 0.2) is 17.5 Å². The molecule has 224 valence electrons. The molecule has 45 heavy (non-hydrogen) atoms. The lowest BCUT2D eigenvalue weighted by Crippen LogP contribution is -2.46. The molecule has 3 heterocycles. The fourth-order valence-electron chi connectivity index (χ4n) is 5.69. The van der Waals surface area contributed by atoms with Crippen molar-refractivity contribution in [3.05, 3.63) is 131 Å². The summed E-state index contributed by atoms with van der Waals surface area (Å²) in [6.45, 7) is 1.92. The van der Waals surface area contributed by atoms with Crippen molar-refractivity contribution in [3.8, 4) is 5.69 Å². The lowest BCUT2D eigenvalue weighted by Gasteiger charge is -2.40. The van der Waals surface area contributed by atoms with E-state index in [9.17, 15) is 18.0 Å². The Labute approximate surface area is 256 Å². The van der Waals surface area contributed by atoms with Gasteiger partial charge in [0.25, 0.3) is 0 Å². The highest BCUT2D eigenvalue weighted by molar-refractivity contribution is 6.51. The molecule has 0 amide bonds. The molecule has 0 spiro atoms. The molecule has 0 aliphatic carbocycles. The fraction of sp³-hybridized carbons (Fsp3) is 0.118. The average molecular weight is 607 g/mol. The smallest absolute Gasteiger partial charge is 0.416 e. The summed E-state index contributed by atoms with van der Waals surface area (Å²) >= 11 is 0. The Kier molecular flexibility index (Phi) is 6.73. The van der Waals surface area contributed by atoms with Crippen molar-refractivity contribution < 1.29 is 22.7 Å². The van der Waals surface area contributed by atoms with Crippen LogP contribution in [0.2, 0.25) is 0 Å². The number of para-hydroxylation sites is 3. The first-order valence-corrected chi connectivity index (χ1v) is 14.1. The predicted octanol–water partition coefficient (Wildman–Crippen LogP) is 7.78. The zero-order valence-corrected chi connectivity index (χ0v) is 24.1. The van der Waals surface area contributed by atoms with Gasteiger partial charge in [-0.2, -0.15) is 18.3 Å². The van der Waals surface area contributed by atoms with Crippen LogP contribution in [0.1, 0.15) is 38.8 Å². The van der Waals surface area contributed by atoms with Crippen molar-refractivity contribution in [2.24, 2.45) is 9.98 Å². The van der Waals surface area contributed by atoms with Gasteiger partial charge in [-0.05, 0) is 67.1 Å². The molecule has 2 aliphatic rings. The topological polar surface area (TPSA) is 84.1 Å². The SMILES string of the molecule is COC(=O)c1ccc([C@H]2c3c(C)nn(-c4ccccc4)c3N=C3C(Nc4cccc(C(F)(F)F)c4)=Nc4ccccc4N32)cc1. The average Bonchev–Trinajstić information content (AvgIpc) is 3.39. The van der Waals surface area contributed by atoms with Gasteiger partial charge in [0.1, 0.15) is 0 Å². The van der Waals surface area contributed by atoms with E-state index in [1.165, 1.54) is 13.2 Å². The van der Waals surface area contributed by atoms with Crippen molar-refractivity contribution in [3.63, 3.8) is 0 Å². The summed E-state index contributed by atoms with van der Waals surface area (Å²) in [5.41, 5.74) is 4.40. The Balaban J connectivity index is 1.45. The number of ether oxygens (including phenoxy) is 1. The number of benzene rings is 4. The van der Waals surface area contributed by atoms with Crippen molar-refractivity contribution >= 4 is 40.5 Å². The van der Waals surface area contributed by atoms with Gasteiger partial charge in [-0.3, -0.25) is 0 Å². The van der Waals surface area contributed by atoms with Gasteiger partial charge in [-0.25, -0.2) is 19.5 Å². The van der Waals surface area contributed by atoms with E-state index in [-0.39, 0.29) is 11.5 Å². The van der Waals surface area contributed by atoms with E-state index < -0.39 is 23.8 Å². The monoisotopic (exact) mass is 606 g/mol. The Morgan fingerprint density at radius 3 is 2.36 bits per heavy atom. The molecule has 7 rings (SSSR count).